The maximum Gasteiger partial charge on any atom is 0.245 e. The Bertz CT molecular complexity index is 418. The van der Waals surface area contributed by atoms with Crippen LogP contribution < -0.4 is 4.90 Å². The summed E-state index contributed by atoms with van der Waals surface area (Å²) < 4.78 is 0. The number of rotatable bonds is 6. The first-order valence-corrected chi connectivity index (χ1v) is 8.97. The van der Waals surface area contributed by atoms with Gasteiger partial charge in [0, 0.05) is 17.9 Å². The molecule has 1 aromatic heterocycles. The Morgan fingerprint density at radius 1 is 1.05 bits per heavy atom. The molecule has 1 saturated carbocycles. The van der Waals surface area contributed by atoms with Gasteiger partial charge in [0.25, 0.3) is 0 Å². The zero-order valence-electron chi connectivity index (χ0n) is 12.6. The van der Waals surface area contributed by atoms with E-state index in [0.29, 0.717) is 6.04 Å². The van der Waals surface area contributed by atoms with E-state index in [1.54, 1.807) is 0 Å². The fraction of sp³-hybridized carbons (Fsp3) is 0.800. The Kier molecular flexibility index (Phi) is 6.20. The number of hydrogen-bond acceptors (Lipinski definition) is 4. The molecular weight excluding hydrogens is 316 g/mol. The molecule has 1 fully saturated rings. The summed E-state index contributed by atoms with van der Waals surface area (Å²) in [5.74, 6) is 0.824. The van der Waals surface area contributed by atoms with E-state index in [2.05, 4.69) is 44.9 Å². The molecule has 112 valence electrons. The fourth-order valence-electron chi connectivity index (χ4n) is 2.98. The van der Waals surface area contributed by atoms with Crippen molar-refractivity contribution in [1.82, 2.24) is 15.2 Å². The number of anilines is 1. The van der Waals surface area contributed by atoms with Crippen LogP contribution in [0.1, 0.15) is 57.3 Å². The summed E-state index contributed by atoms with van der Waals surface area (Å²) in [6.45, 7) is 5.21. The largest absolute Gasteiger partial charge is 0.336 e. The highest BCUT2D eigenvalue weighted by atomic mass is 79.9. The van der Waals surface area contributed by atoms with Gasteiger partial charge in [-0.25, -0.2) is 4.98 Å². The summed E-state index contributed by atoms with van der Waals surface area (Å²) in [4.78, 5) is 7.15. The van der Waals surface area contributed by atoms with Crippen LogP contribution >= 0.6 is 15.9 Å². The lowest BCUT2D eigenvalue weighted by Crippen LogP contribution is -2.39. The van der Waals surface area contributed by atoms with Gasteiger partial charge in [0.15, 0.2) is 0 Å². The molecule has 0 amide bonds. The molecule has 0 radical (unpaired) electrons. The lowest BCUT2D eigenvalue weighted by molar-refractivity contribution is 0.413. The molecule has 5 heteroatoms. The highest BCUT2D eigenvalue weighted by Crippen LogP contribution is 2.25. The molecular formula is C15H25BrN4. The first-order valence-electron chi connectivity index (χ1n) is 7.85. The summed E-state index contributed by atoms with van der Waals surface area (Å²) in [7, 11) is 0. The number of aryl methyl sites for hydroxylation is 2. The van der Waals surface area contributed by atoms with Crippen LogP contribution in [-0.4, -0.2) is 33.1 Å². The quantitative estimate of drug-likeness (QED) is 0.743. The van der Waals surface area contributed by atoms with Crippen LogP contribution in [0, 0.1) is 0 Å². The van der Waals surface area contributed by atoms with Gasteiger partial charge in [0.2, 0.25) is 5.95 Å². The summed E-state index contributed by atoms with van der Waals surface area (Å²) in [5, 5.41) is 9.74. The molecule has 1 aliphatic carbocycles. The van der Waals surface area contributed by atoms with Crippen LogP contribution in [0.25, 0.3) is 0 Å². The zero-order valence-corrected chi connectivity index (χ0v) is 14.2. The molecule has 0 N–H and O–H groups in total. The van der Waals surface area contributed by atoms with Crippen LogP contribution in [0.3, 0.4) is 0 Å². The van der Waals surface area contributed by atoms with Gasteiger partial charge < -0.3 is 4.90 Å². The smallest absolute Gasteiger partial charge is 0.245 e. The van der Waals surface area contributed by atoms with Crippen molar-refractivity contribution >= 4 is 21.9 Å². The van der Waals surface area contributed by atoms with E-state index >= 15 is 0 Å². The number of alkyl halides is 1. The van der Waals surface area contributed by atoms with Crippen LogP contribution in [-0.2, 0) is 12.8 Å². The van der Waals surface area contributed by atoms with Gasteiger partial charge in [0.1, 0.15) is 0 Å². The number of aromatic nitrogens is 3. The predicted molar refractivity (Wildman–Crippen MR) is 86.6 cm³/mol. The van der Waals surface area contributed by atoms with Crippen molar-refractivity contribution in [2.24, 2.45) is 0 Å². The summed E-state index contributed by atoms with van der Waals surface area (Å²) >= 11 is 3.56. The normalized spacial score (nSPS) is 16.4. The van der Waals surface area contributed by atoms with Crippen molar-refractivity contribution in [3.63, 3.8) is 0 Å². The van der Waals surface area contributed by atoms with Crippen molar-refractivity contribution in [3.8, 4) is 0 Å². The van der Waals surface area contributed by atoms with Crippen LogP contribution in [0.15, 0.2) is 0 Å². The third kappa shape index (κ3) is 3.68. The standard InChI is InChI=1S/C15H25BrN4/c1-3-13-14(4-2)18-19-15(17-13)20(11-10-16)12-8-6-5-7-9-12/h12H,3-11H2,1-2H3. The average Bonchev–Trinajstić information content (AvgIpc) is 2.52. The van der Waals surface area contributed by atoms with E-state index in [1.807, 2.05) is 0 Å². The molecule has 0 aromatic carbocycles. The van der Waals surface area contributed by atoms with Gasteiger partial charge in [-0.1, -0.05) is 49.0 Å². The number of hydrogen-bond donors (Lipinski definition) is 0. The fourth-order valence-corrected chi connectivity index (χ4v) is 3.36. The van der Waals surface area contributed by atoms with Gasteiger partial charge in [-0.15, -0.1) is 5.10 Å². The first kappa shape index (κ1) is 15.7. The highest BCUT2D eigenvalue weighted by molar-refractivity contribution is 9.09. The van der Waals surface area contributed by atoms with Gasteiger partial charge >= 0.3 is 0 Å². The van der Waals surface area contributed by atoms with Gasteiger partial charge in [0.05, 0.1) is 11.4 Å². The molecule has 0 aliphatic heterocycles. The number of halogens is 1. The zero-order chi connectivity index (χ0) is 14.4. The Morgan fingerprint density at radius 3 is 2.35 bits per heavy atom. The van der Waals surface area contributed by atoms with Gasteiger partial charge in [-0.2, -0.15) is 5.10 Å². The van der Waals surface area contributed by atoms with Crippen molar-refractivity contribution in [1.29, 1.82) is 0 Å². The molecule has 20 heavy (non-hydrogen) atoms. The predicted octanol–water partition coefficient (Wildman–Crippen LogP) is 3.53. The van der Waals surface area contributed by atoms with E-state index in [0.717, 1.165) is 42.1 Å². The van der Waals surface area contributed by atoms with Gasteiger partial charge in [-0.3, -0.25) is 0 Å². The highest BCUT2D eigenvalue weighted by Gasteiger charge is 2.23. The first-order chi connectivity index (χ1) is 9.80. The van der Waals surface area contributed by atoms with Crippen LogP contribution in [0.4, 0.5) is 5.95 Å². The van der Waals surface area contributed by atoms with E-state index in [4.69, 9.17) is 4.98 Å². The second kappa shape index (κ2) is 7.91. The third-order valence-electron chi connectivity index (χ3n) is 4.10. The molecule has 0 unspecified atom stereocenters. The third-order valence-corrected chi connectivity index (χ3v) is 4.45. The van der Waals surface area contributed by atoms with E-state index in [1.165, 1.54) is 32.1 Å². The van der Waals surface area contributed by atoms with Crippen molar-refractivity contribution in [2.45, 2.75) is 64.8 Å². The topological polar surface area (TPSA) is 41.9 Å². The molecule has 1 aromatic rings. The lowest BCUT2D eigenvalue weighted by atomic mass is 9.94. The van der Waals surface area contributed by atoms with Gasteiger partial charge in [-0.05, 0) is 25.7 Å². The van der Waals surface area contributed by atoms with E-state index in [-0.39, 0.29) is 0 Å². The minimum absolute atomic E-state index is 0.584. The van der Waals surface area contributed by atoms with Crippen LogP contribution in [0.5, 0.6) is 0 Å². The SMILES string of the molecule is CCc1nnc(N(CCBr)C2CCCCC2)nc1CC. The monoisotopic (exact) mass is 340 g/mol. The summed E-state index contributed by atoms with van der Waals surface area (Å²) in [6, 6.07) is 0.584. The number of nitrogens with zero attached hydrogens (tertiary/aromatic N) is 4. The average molecular weight is 341 g/mol. The van der Waals surface area contributed by atoms with E-state index in [9.17, 15) is 0 Å². The molecule has 0 spiro atoms. The minimum Gasteiger partial charge on any atom is -0.336 e. The molecule has 1 heterocycles. The van der Waals surface area contributed by atoms with Crippen molar-refractivity contribution in [2.75, 3.05) is 16.8 Å². The Morgan fingerprint density at radius 2 is 1.75 bits per heavy atom. The van der Waals surface area contributed by atoms with Crippen LogP contribution in [0.2, 0.25) is 0 Å². The Labute approximate surface area is 130 Å². The Hall–Kier alpha value is -0.710. The molecule has 0 bridgehead atoms. The maximum atomic E-state index is 4.79. The maximum absolute atomic E-state index is 4.79. The minimum atomic E-state index is 0.584. The molecule has 0 saturated heterocycles. The second-order valence-electron chi connectivity index (χ2n) is 5.39. The Balaban J connectivity index is 2.23. The summed E-state index contributed by atoms with van der Waals surface area (Å²) in [5.41, 5.74) is 2.14. The molecule has 2 rings (SSSR count). The second-order valence-corrected chi connectivity index (χ2v) is 6.18. The molecule has 4 nitrogen and oxygen atoms in total. The van der Waals surface area contributed by atoms with Crippen molar-refractivity contribution in [3.05, 3.63) is 11.4 Å². The summed E-state index contributed by atoms with van der Waals surface area (Å²) in [6.07, 6.45) is 8.37. The van der Waals surface area contributed by atoms with Crippen molar-refractivity contribution < 1.29 is 0 Å². The molecule has 1 aliphatic rings. The lowest BCUT2D eigenvalue weighted by Gasteiger charge is -2.34. The van der Waals surface area contributed by atoms with E-state index < -0.39 is 0 Å². The molecule has 0 atom stereocenters.